The number of para-hydroxylation sites is 1. The Hall–Kier alpha value is -1.11. The average Bonchev–Trinajstić information content (AvgIpc) is 2.88. The van der Waals surface area contributed by atoms with Crippen LogP contribution in [-0.4, -0.2) is 54.8 Å². The molecule has 0 atom stereocenters. The summed E-state index contributed by atoms with van der Waals surface area (Å²) < 4.78 is 2.17. The number of thiazole rings is 1. The van der Waals surface area contributed by atoms with Gasteiger partial charge >= 0.3 is 0 Å². The predicted octanol–water partition coefficient (Wildman–Crippen LogP) is 0.745. The smallest absolute Gasteiger partial charge is 0.233 e. The van der Waals surface area contributed by atoms with Crippen LogP contribution >= 0.6 is 23.1 Å². The van der Waals surface area contributed by atoms with Crippen molar-refractivity contribution in [1.29, 1.82) is 0 Å². The molecule has 2 heterocycles. The van der Waals surface area contributed by atoms with Gasteiger partial charge in [-0.05, 0) is 12.1 Å². The molecule has 1 amide bonds. The lowest BCUT2D eigenvalue weighted by Crippen LogP contribution is -3.12. The number of likely N-dealkylation sites (N-methyl/N-ethyl adjacent to an activating group) is 1. The Labute approximate surface area is 126 Å². The number of hydrogen-bond donors (Lipinski definition) is 1. The Balaban J connectivity index is 1.57. The van der Waals surface area contributed by atoms with Crippen molar-refractivity contribution in [2.45, 2.75) is 4.34 Å². The van der Waals surface area contributed by atoms with Crippen LogP contribution in [0.5, 0.6) is 0 Å². The number of fused-ring (bicyclic) bond motifs is 1. The summed E-state index contributed by atoms with van der Waals surface area (Å²) in [5.74, 6) is 0.737. The van der Waals surface area contributed by atoms with Gasteiger partial charge in [0.05, 0.1) is 49.2 Å². The zero-order valence-electron chi connectivity index (χ0n) is 11.5. The number of nitrogens with zero attached hydrogens (tertiary/aromatic N) is 2. The van der Waals surface area contributed by atoms with Crippen LogP contribution in [0.3, 0.4) is 0 Å². The summed E-state index contributed by atoms with van der Waals surface area (Å²) in [7, 11) is 2.18. The summed E-state index contributed by atoms with van der Waals surface area (Å²) in [5.41, 5.74) is 1.02. The van der Waals surface area contributed by atoms with Gasteiger partial charge in [-0.1, -0.05) is 23.9 Å². The molecular formula is C14H18N3OS2+. The second kappa shape index (κ2) is 6.11. The molecule has 0 radical (unpaired) electrons. The second-order valence-corrected chi connectivity index (χ2v) is 7.33. The van der Waals surface area contributed by atoms with Crippen molar-refractivity contribution in [2.24, 2.45) is 0 Å². The second-order valence-electron chi connectivity index (χ2n) is 5.07. The quantitative estimate of drug-likeness (QED) is 0.850. The third kappa shape index (κ3) is 3.13. The van der Waals surface area contributed by atoms with Crippen molar-refractivity contribution in [1.82, 2.24) is 9.88 Å². The van der Waals surface area contributed by atoms with Gasteiger partial charge in [-0.3, -0.25) is 4.79 Å². The van der Waals surface area contributed by atoms with Gasteiger partial charge < -0.3 is 9.80 Å². The van der Waals surface area contributed by atoms with Crippen molar-refractivity contribution < 1.29 is 9.69 Å². The number of amides is 1. The standard InChI is InChI=1S/C14H17N3OS2/c1-16-6-8-17(9-7-16)13(18)10-19-14-15-11-4-2-3-5-12(11)20-14/h2-5H,6-10H2,1H3/p+1. The first-order chi connectivity index (χ1) is 9.72. The van der Waals surface area contributed by atoms with E-state index in [4.69, 9.17) is 0 Å². The Morgan fingerprint density at radius 1 is 1.40 bits per heavy atom. The Kier molecular flexibility index (Phi) is 4.24. The molecule has 0 aliphatic carbocycles. The van der Waals surface area contributed by atoms with E-state index in [1.807, 2.05) is 23.1 Å². The summed E-state index contributed by atoms with van der Waals surface area (Å²) in [6.07, 6.45) is 0. The van der Waals surface area contributed by atoms with E-state index in [1.165, 1.54) is 9.60 Å². The van der Waals surface area contributed by atoms with E-state index in [-0.39, 0.29) is 5.91 Å². The minimum Gasteiger partial charge on any atom is -0.334 e. The number of benzene rings is 1. The topological polar surface area (TPSA) is 37.6 Å². The SMILES string of the molecule is C[NH+]1CCN(C(=O)CSc2nc3ccccc3s2)CC1. The number of nitrogens with one attached hydrogen (secondary N) is 1. The minimum absolute atomic E-state index is 0.238. The molecule has 6 heteroatoms. The monoisotopic (exact) mass is 308 g/mol. The predicted molar refractivity (Wildman–Crippen MR) is 83.5 cm³/mol. The van der Waals surface area contributed by atoms with E-state index in [0.29, 0.717) is 5.75 Å². The zero-order chi connectivity index (χ0) is 13.9. The summed E-state index contributed by atoms with van der Waals surface area (Å²) in [6.45, 7) is 3.87. The fraction of sp³-hybridized carbons (Fsp3) is 0.429. The highest BCUT2D eigenvalue weighted by Gasteiger charge is 2.21. The Bertz CT molecular complexity index is 572. The van der Waals surface area contributed by atoms with Gasteiger partial charge in [-0.2, -0.15) is 0 Å². The van der Waals surface area contributed by atoms with Crippen molar-refractivity contribution in [2.75, 3.05) is 39.0 Å². The van der Waals surface area contributed by atoms with Gasteiger partial charge in [0.25, 0.3) is 0 Å². The van der Waals surface area contributed by atoms with Crippen molar-refractivity contribution in [3.63, 3.8) is 0 Å². The number of aromatic nitrogens is 1. The molecule has 20 heavy (non-hydrogen) atoms. The van der Waals surface area contributed by atoms with E-state index < -0.39 is 0 Å². The van der Waals surface area contributed by atoms with E-state index in [2.05, 4.69) is 18.1 Å². The minimum atomic E-state index is 0.238. The van der Waals surface area contributed by atoms with Crippen molar-refractivity contribution in [3.8, 4) is 0 Å². The Morgan fingerprint density at radius 3 is 2.90 bits per heavy atom. The largest absolute Gasteiger partial charge is 0.334 e. The maximum absolute atomic E-state index is 12.2. The highest BCUT2D eigenvalue weighted by atomic mass is 32.2. The number of carbonyl (C=O) groups is 1. The highest BCUT2D eigenvalue weighted by Crippen LogP contribution is 2.29. The highest BCUT2D eigenvalue weighted by molar-refractivity contribution is 8.01. The third-order valence-electron chi connectivity index (χ3n) is 3.56. The first-order valence-corrected chi connectivity index (χ1v) is 8.60. The summed E-state index contributed by atoms with van der Waals surface area (Å²) >= 11 is 3.22. The molecule has 4 nitrogen and oxygen atoms in total. The van der Waals surface area contributed by atoms with Crippen LogP contribution in [0.2, 0.25) is 0 Å². The zero-order valence-corrected chi connectivity index (χ0v) is 13.1. The van der Waals surface area contributed by atoms with Gasteiger partial charge in [0.2, 0.25) is 5.91 Å². The number of piperazine rings is 1. The van der Waals surface area contributed by atoms with E-state index in [1.54, 1.807) is 23.1 Å². The maximum Gasteiger partial charge on any atom is 0.233 e. The molecule has 2 aromatic rings. The van der Waals surface area contributed by atoms with Crippen molar-refractivity contribution >= 4 is 39.2 Å². The molecule has 1 aromatic carbocycles. The Morgan fingerprint density at radius 2 is 2.15 bits per heavy atom. The normalized spacial score (nSPS) is 16.8. The molecule has 1 saturated heterocycles. The summed E-state index contributed by atoms with van der Waals surface area (Å²) in [4.78, 5) is 20.2. The number of carbonyl (C=O) groups excluding carboxylic acids is 1. The summed E-state index contributed by atoms with van der Waals surface area (Å²) in [6, 6.07) is 8.10. The molecule has 1 aromatic heterocycles. The molecule has 0 bridgehead atoms. The lowest BCUT2D eigenvalue weighted by molar-refractivity contribution is -0.883. The van der Waals surface area contributed by atoms with Crippen LogP contribution in [0, 0.1) is 0 Å². The molecule has 3 rings (SSSR count). The van der Waals surface area contributed by atoms with Gasteiger partial charge in [0.15, 0.2) is 4.34 Å². The van der Waals surface area contributed by atoms with Crippen LogP contribution in [0.25, 0.3) is 10.2 Å². The molecule has 0 spiro atoms. The van der Waals surface area contributed by atoms with Gasteiger partial charge in [-0.25, -0.2) is 4.98 Å². The van der Waals surface area contributed by atoms with E-state index in [9.17, 15) is 4.79 Å². The third-order valence-corrected chi connectivity index (χ3v) is 5.73. The first kappa shape index (κ1) is 13.9. The van der Waals surface area contributed by atoms with Gasteiger partial charge in [-0.15, -0.1) is 11.3 Å². The fourth-order valence-corrected chi connectivity index (χ4v) is 4.24. The van der Waals surface area contributed by atoms with E-state index >= 15 is 0 Å². The number of hydrogen-bond acceptors (Lipinski definition) is 4. The maximum atomic E-state index is 12.2. The summed E-state index contributed by atoms with van der Waals surface area (Å²) in [5, 5.41) is 0. The van der Waals surface area contributed by atoms with Gasteiger partial charge in [0.1, 0.15) is 0 Å². The van der Waals surface area contributed by atoms with E-state index in [0.717, 1.165) is 36.0 Å². The number of quaternary nitrogens is 1. The molecule has 1 aliphatic heterocycles. The molecule has 0 unspecified atom stereocenters. The molecular weight excluding hydrogens is 290 g/mol. The molecule has 106 valence electrons. The van der Waals surface area contributed by atoms with Crippen LogP contribution in [0.1, 0.15) is 0 Å². The van der Waals surface area contributed by atoms with Crippen LogP contribution in [-0.2, 0) is 4.79 Å². The molecule has 1 N–H and O–H groups in total. The first-order valence-electron chi connectivity index (χ1n) is 6.80. The molecule has 1 fully saturated rings. The van der Waals surface area contributed by atoms with Crippen LogP contribution in [0.15, 0.2) is 28.6 Å². The lowest BCUT2D eigenvalue weighted by atomic mass is 10.3. The fourth-order valence-electron chi connectivity index (χ4n) is 2.27. The average molecular weight is 308 g/mol. The van der Waals surface area contributed by atoms with Crippen LogP contribution < -0.4 is 4.90 Å². The van der Waals surface area contributed by atoms with Gasteiger partial charge in [0, 0.05) is 0 Å². The van der Waals surface area contributed by atoms with Crippen molar-refractivity contribution in [3.05, 3.63) is 24.3 Å². The van der Waals surface area contributed by atoms with Crippen LogP contribution in [0.4, 0.5) is 0 Å². The molecule has 0 saturated carbocycles. The molecule has 1 aliphatic rings. The number of thioether (sulfide) groups is 1. The lowest BCUT2D eigenvalue weighted by Gasteiger charge is -2.29. The number of rotatable bonds is 3.